The predicted molar refractivity (Wildman–Crippen MR) is 72.3 cm³/mol. The quantitative estimate of drug-likeness (QED) is 0.449. The molecule has 0 aromatic heterocycles. The van der Waals surface area contributed by atoms with Gasteiger partial charge in [0.15, 0.2) is 0 Å². The molecule has 0 fully saturated rings. The molecule has 0 heterocycles. The molecule has 0 amide bonds. The third kappa shape index (κ3) is 15.4. The van der Waals surface area contributed by atoms with Crippen LogP contribution in [0.2, 0.25) is 0 Å². The molecule has 18 heavy (non-hydrogen) atoms. The van der Waals surface area contributed by atoms with Crippen LogP contribution >= 0.6 is 0 Å². The maximum absolute atomic E-state index is 10.2. The zero-order chi connectivity index (χ0) is 13.5. The lowest BCUT2D eigenvalue weighted by atomic mass is 10.1. The molecule has 0 atom stereocenters. The number of carbonyl (C=O) groups is 1. The van der Waals surface area contributed by atoms with Crippen LogP contribution in [0.4, 0.5) is 0 Å². The molecule has 3 nitrogen and oxygen atoms in total. The van der Waals surface area contributed by atoms with Crippen LogP contribution in [-0.4, -0.2) is 19.2 Å². The van der Waals surface area contributed by atoms with Crippen LogP contribution in [-0.2, 0) is 9.53 Å². The Balaban J connectivity index is 2.92. The Bertz CT molecular complexity index is 181. The van der Waals surface area contributed by atoms with Crippen molar-refractivity contribution in [1.82, 2.24) is 0 Å². The Morgan fingerprint density at radius 3 is 1.89 bits per heavy atom. The van der Waals surface area contributed by atoms with E-state index in [1.807, 2.05) is 0 Å². The molecule has 0 aliphatic carbocycles. The molecule has 0 aliphatic rings. The van der Waals surface area contributed by atoms with Gasteiger partial charge in [0.2, 0.25) is 0 Å². The monoisotopic (exact) mass is 257 g/mol. The molecule has 0 aromatic rings. The number of aliphatic carboxylic acids is 1. The lowest BCUT2D eigenvalue weighted by Gasteiger charge is -2.04. The zero-order valence-corrected chi connectivity index (χ0v) is 11.9. The van der Waals surface area contributed by atoms with E-state index in [0.717, 1.165) is 32.5 Å². The second-order valence-electron chi connectivity index (χ2n) is 4.92. The first kappa shape index (κ1) is 17.4. The van der Waals surface area contributed by atoms with E-state index >= 15 is 0 Å². The van der Waals surface area contributed by atoms with Gasteiger partial charge in [0.1, 0.15) is 0 Å². The molecule has 0 rings (SSSR count). The van der Waals surface area contributed by atoms with Crippen molar-refractivity contribution in [2.24, 2.45) is 0 Å². The molecule has 0 saturated carbocycles. The Kier molecular flexibility index (Phi) is 14.0. The molecule has 0 aliphatic heterocycles. The van der Waals surface area contributed by atoms with Crippen LogP contribution in [0.15, 0.2) is 0 Å². The zero-order valence-electron chi connectivity index (χ0n) is 11.9. The van der Waals surface area contributed by atoms with E-state index in [-0.39, 0.29) is 6.42 Å². The van der Waals surface area contributed by atoms with Gasteiger partial charge in [-0.05, 0) is 25.7 Å². The fraction of sp³-hybridized carbons (Fsp3) is 0.933. The Hall–Kier alpha value is -0.570. The van der Waals surface area contributed by atoms with Crippen LogP contribution in [0, 0.1) is 0 Å². The lowest BCUT2D eigenvalue weighted by molar-refractivity contribution is -0.305. The van der Waals surface area contributed by atoms with Gasteiger partial charge >= 0.3 is 0 Å². The van der Waals surface area contributed by atoms with Gasteiger partial charge in [-0.3, -0.25) is 0 Å². The lowest BCUT2D eigenvalue weighted by Crippen LogP contribution is -2.21. The second kappa shape index (κ2) is 14.5. The van der Waals surface area contributed by atoms with Gasteiger partial charge in [-0.15, -0.1) is 0 Å². The highest BCUT2D eigenvalue weighted by Gasteiger charge is 1.93. The fourth-order valence-electron chi connectivity index (χ4n) is 1.88. The van der Waals surface area contributed by atoms with Crippen LogP contribution in [0.25, 0.3) is 0 Å². The van der Waals surface area contributed by atoms with Gasteiger partial charge in [0, 0.05) is 19.2 Å². The first-order valence-corrected chi connectivity index (χ1v) is 7.55. The molecule has 3 heteroatoms. The van der Waals surface area contributed by atoms with Crippen molar-refractivity contribution >= 4 is 5.97 Å². The van der Waals surface area contributed by atoms with Crippen molar-refractivity contribution in [3.05, 3.63) is 0 Å². The molecule has 0 N–H and O–H groups in total. The van der Waals surface area contributed by atoms with Crippen molar-refractivity contribution in [2.45, 2.75) is 77.6 Å². The summed E-state index contributed by atoms with van der Waals surface area (Å²) in [7, 11) is 0. The number of unbranched alkanes of at least 4 members (excludes halogenated alkanes) is 8. The smallest absolute Gasteiger partial charge is 0.0466 e. The van der Waals surface area contributed by atoms with Crippen molar-refractivity contribution in [2.75, 3.05) is 13.2 Å². The highest BCUT2D eigenvalue weighted by atomic mass is 16.5. The molecule has 0 unspecified atom stereocenters. The highest BCUT2D eigenvalue weighted by molar-refractivity contribution is 5.63. The SMILES string of the molecule is CCCCOCCCCCCCCCCC(=O)[O-]. The van der Waals surface area contributed by atoms with Gasteiger partial charge in [0.05, 0.1) is 0 Å². The van der Waals surface area contributed by atoms with Crippen LogP contribution in [0.5, 0.6) is 0 Å². The summed E-state index contributed by atoms with van der Waals surface area (Å²) in [5.41, 5.74) is 0. The normalized spacial score (nSPS) is 10.7. The van der Waals surface area contributed by atoms with Crippen molar-refractivity contribution in [3.63, 3.8) is 0 Å². The summed E-state index contributed by atoms with van der Waals surface area (Å²) in [6.45, 7) is 4.00. The van der Waals surface area contributed by atoms with E-state index in [4.69, 9.17) is 4.74 Å². The fourth-order valence-corrected chi connectivity index (χ4v) is 1.88. The maximum atomic E-state index is 10.2. The summed E-state index contributed by atoms with van der Waals surface area (Å²) >= 11 is 0. The third-order valence-corrected chi connectivity index (χ3v) is 3.06. The van der Waals surface area contributed by atoms with Crippen molar-refractivity contribution < 1.29 is 14.6 Å². The third-order valence-electron chi connectivity index (χ3n) is 3.06. The summed E-state index contributed by atoms with van der Waals surface area (Å²) in [4.78, 5) is 10.2. The first-order valence-electron chi connectivity index (χ1n) is 7.55. The van der Waals surface area contributed by atoms with Crippen molar-refractivity contribution in [1.29, 1.82) is 0 Å². The Morgan fingerprint density at radius 1 is 0.833 bits per heavy atom. The van der Waals surface area contributed by atoms with Crippen molar-refractivity contribution in [3.8, 4) is 0 Å². The van der Waals surface area contributed by atoms with E-state index in [1.165, 1.54) is 44.9 Å². The van der Waals surface area contributed by atoms with Gasteiger partial charge < -0.3 is 14.6 Å². The van der Waals surface area contributed by atoms with Gasteiger partial charge in [-0.1, -0.05) is 51.9 Å². The average molecular weight is 257 g/mol. The topological polar surface area (TPSA) is 49.4 Å². The maximum Gasteiger partial charge on any atom is 0.0466 e. The van der Waals surface area contributed by atoms with Gasteiger partial charge in [-0.25, -0.2) is 0 Å². The van der Waals surface area contributed by atoms with Crippen LogP contribution < -0.4 is 5.11 Å². The molecule has 0 radical (unpaired) electrons. The minimum absolute atomic E-state index is 0.217. The van der Waals surface area contributed by atoms with E-state index in [0.29, 0.717) is 0 Å². The number of ether oxygens (including phenoxy) is 1. The number of rotatable bonds is 14. The summed E-state index contributed by atoms with van der Waals surface area (Å²) in [5, 5.41) is 10.2. The number of hydrogen-bond donors (Lipinski definition) is 0. The van der Waals surface area contributed by atoms with Gasteiger partial charge in [-0.2, -0.15) is 0 Å². The summed E-state index contributed by atoms with van der Waals surface area (Å²) in [6.07, 6.45) is 11.7. The number of carbonyl (C=O) groups excluding carboxylic acids is 1. The minimum Gasteiger partial charge on any atom is -0.550 e. The van der Waals surface area contributed by atoms with Gasteiger partial charge in [0.25, 0.3) is 0 Å². The molecule has 0 saturated heterocycles. The molecule has 108 valence electrons. The Morgan fingerprint density at radius 2 is 1.33 bits per heavy atom. The highest BCUT2D eigenvalue weighted by Crippen LogP contribution is 2.09. The van der Waals surface area contributed by atoms with E-state index < -0.39 is 5.97 Å². The average Bonchev–Trinajstić information content (AvgIpc) is 2.34. The minimum atomic E-state index is -0.918. The first-order chi connectivity index (χ1) is 8.77. The standard InChI is InChI=1S/C15H30O3/c1-2-3-13-18-14-11-9-7-5-4-6-8-10-12-15(16)17/h2-14H2,1H3,(H,16,17)/p-1. The molecule has 0 aromatic carbocycles. The molecule has 0 bridgehead atoms. The van der Waals surface area contributed by atoms with E-state index in [2.05, 4.69) is 6.92 Å². The number of hydrogen-bond acceptors (Lipinski definition) is 3. The second-order valence-corrected chi connectivity index (χ2v) is 4.92. The summed E-state index contributed by atoms with van der Waals surface area (Å²) < 4.78 is 5.49. The molecular weight excluding hydrogens is 228 g/mol. The van der Waals surface area contributed by atoms with Crippen LogP contribution in [0.3, 0.4) is 0 Å². The number of carboxylic acids is 1. The summed E-state index contributed by atoms with van der Waals surface area (Å²) in [6, 6.07) is 0. The van der Waals surface area contributed by atoms with E-state index in [9.17, 15) is 9.90 Å². The Labute approximate surface area is 112 Å². The predicted octanol–water partition coefficient (Wildman–Crippen LogP) is 3.06. The van der Waals surface area contributed by atoms with Crippen LogP contribution in [0.1, 0.15) is 77.6 Å². The molecule has 0 spiro atoms. The van der Waals surface area contributed by atoms with E-state index in [1.54, 1.807) is 0 Å². The molecular formula is C15H29O3-. The number of carboxylic acid groups (broad SMARTS) is 1. The largest absolute Gasteiger partial charge is 0.550 e. The summed E-state index contributed by atoms with van der Waals surface area (Å²) in [5.74, 6) is -0.918.